The summed E-state index contributed by atoms with van der Waals surface area (Å²) in [6.45, 7) is 2.15. The zero-order valence-corrected chi connectivity index (χ0v) is 8.29. The van der Waals surface area contributed by atoms with E-state index in [4.69, 9.17) is 10.5 Å². The van der Waals surface area contributed by atoms with Crippen LogP contribution in [0.15, 0.2) is 18.2 Å². The molecule has 0 fully saturated rings. The van der Waals surface area contributed by atoms with Crippen molar-refractivity contribution in [2.24, 2.45) is 5.92 Å². The lowest BCUT2D eigenvalue weighted by molar-refractivity contribution is 0.624. The summed E-state index contributed by atoms with van der Waals surface area (Å²) in [6, 6.07) is 8.21. The van der Waals surface area contributed by atoms with Crippen LogP contribution in [0, 0.1) is 34.4 Å². The second-order valence-corrected chi connectivity index (χ2v) is 3.19. The van der Waals surface area contributed by atoms with Crippen molar-refractivity contribution in [1.29, 1.82) is 10.5 Å². The van der Waals surface area contributed by atoms with Crippen molar-refractivity contribution in [2.75, 3.05) is 11.9 Å². The van der Waals surface area contributed by atoms with Gasteiger partial charge in [0.2, 0.25) is 0 Å². The van der Waals surface area contributed by atoms with Crippen LogP contribution in [0.4, 0.5) is 10.1 Å². The predicted octanol–water partition coefficient (Wildman–Crippen LogP) is 2.27. The molecule has 15 heavy (non-hydrogen) atoms. The van der Waals surface area contributed by atoms with Crippen LogP contribution in [-0.2, 0) is 0 Å². The molecule has 0 aliphatic heterocycles. The van der Waals surface area contributed by atoms with Crippen LogP contribution in [0.1, 0.15) is 12.5 Å². The van der Waals surface area contributed by atoms with Crippen molar-refractivity contribution in [3.63, 3.8) is 0 Å². The lowest BCUT2D eigenvalue weighted by Gasteiger charge is -2.09. The molecule has 0 aliphatic carbocycles. The van der Waals surface area contributed by atoms with E-state index in [9.17, 15) is 4.39 Å². The summed E-state index contributed by atoms with van der Waals surface area (Å²) in [5, 5.41) is 20.2. The number of anilines is 1. The third-order valence-corrected chi connectivity index (χ3v) is 1.94. The van der Waals surface area contributed by atoms with Gasteiger partial charge in [0.1, 0.15) is 17.4 Å². The molecule has 1 unspecified atom stereocenters. The molecule has 0 aliphatic rings. The third-order valence-electron chi connectivity index (χ3n) is 1.94. The predicted molar refractivity (Wildman–Crippen MR) is 54.4 cm³/mol. The summed E-state index contributed by atoms with van der Waals surface area (Å²) in [4.78, 5) is 0. The maximum absolute atomic E-state index is 13.1. The minimum Gasteiger partial charge on any atom is -0.383 e. The van der Waals surface area contributed by atoms with Crippen LogP contribution in [0.25, 0.3) is 0 Å². The van der Waals surface area contributed by atoms with E-state index in [1.165, 1.54) is 12.1 Å². The minimum absolute atomic E-state index is 0.0114. The van der Waals surface area contributed by atoms with Gasteiger partial charge < -0.3 is 5.32 Å². The van der Waals surface area contributed by atoms with Crippen LogP contribution in [0.2, 0.25) is 0 Å². The SMILES string of the molecule is CC(C#N)CNc1cccc(F)c1C#N. The fourth-order valence-corrected chi connectivity index (χ4v) is 1.09. The van der Waals surface area contributed by atoms with Gasteiger partial charge in [0.05, 0.1) is 17.7 Å². The fraction of sp³-hybridized carbons (Fsp3) is 0.273. The highest BCUT2D eigenvalue weighted by Gasteiger charge is 2.07. The Bertz CT molecular complexity index is 428. The molecule has 0 radical (unpaired) electrons. The number of nitriles is 2. The number of nitrogens with zero attached hydrogens (tertiary/aromatic N) is 2. The summed E-state index contributed by atoms with van der Waals surface area (Å²) in [7, 11) is 0. The maximum Gasteiger partial charge on any atom is 0.143 e. The van der Waals surface area contributed by atoms with Crippen LogP contribution in [-0.4, -0.2) is 6.54 Å². The van der Waals surface area contributed by atoms with Gasteiger partial charge in [-0.1, -0.05) is 6.07 Å². The van der Waals surface area contributed by atoms with Crippen molar-refractivity contribution in [3.05, 3.63) is 29.6 Å². The molecule has 1 aromatic carbocycles. The van der Waals surface area contributed by atoms with E-state index in [2.05, 4.69) is 5.32 Å². The smallest absolute Gasteiger partial charge is 0.143 e. The highest BCUT2D eigenvalue weighted by molar-refractivity contribution is 5.57. The topological polar surface area (TPSA) is 59.6 Å². The average Bonchev–Trinajstić information content (AvgIpc) is 2.25. The molecule has 3 nitrogen and oxygen atoms in total. The molecule has 1 aromatic rings. The Kier molecular flexibility index (Phi) is 3.65. The first kappa shape index (κ1) is 11.0. The van der Waals surface area contributed by atoms with Gasteiger partial charge in [-0.25, -0.2) is 4.39 Å². The molecule has 0 aromatic heterocycles. The maximum atomic E-state index is 13.1. The van der Waals surface area contributed by atoms with Gasteiger partial charge in [-0.05, 0) is 19.1 Å². The number of hydrogen-bond acceptors (Lipinski definition) is 3. The highest BCUT2D eigenvalue weighted by Crippen LogP contribution is 2.17. The normalized spacial score (nSPS) is 11.2. The lowest BCUT2D eigenvalue weighted by Crippen LogP contribution is -2.10. The van der Waals surface area contributed by atoms with E-state index in [0.717, 1.165) is 0 Å². The molecule has 0 saturated carbocycles. The molecule has 0 amide bonds. The van der Waals surface area contributed by atoms with Gasteiger partial charge in [0.25, 0.3) is 0 Å². The first-order valence-corrected chi connectivity index (χ1v) is 4.51. The van der Waals surface area contributed by atoms with Crippen LogP contribution >= 0.6 is 0 Å². The molecular weight excluding hydrogens is 193 g/mol. The van der Waals surface area contributed by atoms with Crippen molar-refractivity contribution in [3.8, 4) is 12.1 Å². The molecule has 0 spiro atoms. The quantitative estimate of drug-likeness (QED) is 0.819. The Hall–Kier alpha value is -2.07. The molecular formula is C11H10FN3. The Morgan fingerprint density at radius 1 is 1.47 bits per heavy atom. The van der Waals surface area contributed by atoms with Gasteiger partial charge in [-0.2, -0.15) is 10.5 Å². The van der Waals surface area contributed by atoms with Crippen LogP contribution in [0.3, 0.4) is 0 Å². The van der Waals surface area contributed by atoms with Gasteiger partial charge in [-0.15, -0.1) is 0 Å². The zero-order valence-electron chi connectivity index (χ0n) is 8.29. The number of benzene rings is 1. The van der Waals surface area contributed by atoms with Gasteiger partial charge in [0, 0.05) is 6.54 Å². The molecule has 0 saturated heterocycles. The summed E-state index contributed by atoms with van der Waals surface area (Å²) in [5.41, 5.74) is 0.419. The number of halogens is 1. The zero-order chi connectivity index (χ0) is 11.3. The van der Waals surface area contributed by atoms with Crippen LogP contribution in [0.5, 0.6) is 0 Å². The first-order chi connectivity index (χ1) is 7.19. The molecule has 1 rings (SSSR count). The first-order valence-electron chi connectivity index (χ1n) is 4.51. The summed E-state index contributed by atoms with van der Waals surface area (Å²) < 4.78 is 13.1. The van der Waals surface area contributed by atoms with E-state index < -0.39 is 5.82 Å². The van der Waals surface area contributed by atoms with Gasteiger partial charge >= 0.3 is 0 Å². The molecule has 76 valence electrons. The summed E-state index contributed by atoms with van der Waals surface area (Å²) in [5.74, 6) is -0.730. The van der Waals surface area contributed by atoms with E-state index in [-0.39, 0.29) is 11.5 Å². The Morgan fingerprint density at radius 2 is 2.20 bits per heavy atom. The lowest BCUT2D eigenvalue weighted by atomic mass is 10.1. The standard InChI is InChI=1S/C11H10FN3/c1-8(5-13)7-15-11-4-2-3-10(12)9(11)6-14/h2-4,8,15H,7H2,1H3. The number of rotatable bonds is 3. The average molecular weight is 203 g/mol. The Labute approximate surface area is 87.8 Å². The fourth-order valence-electron chi connectivity index (χ4n) is 1.09. The Balaban J connectivity index is 2.83. The second-order valence-electron chi connectivity index (χ2n) is 3.19. The summed E-state index contributed by atoms with van der Waals surface area (Å²) >= 11 is 0. The van der Waals surface area contributed by atoms with Gasteiger partial charge in [0.15, 0.2) is 0 Å². The third kappa shape index (κ3) is 2.69. The molecule has 4 heteroatoms. The van der Waals surface area contributed by atoms with Crippen LogP contribution < -0.4 is 5.32 Å². The van der Waals surface area contributed by atoms with Crippen molar-refractivity contribution in [1.82, 2.24) is 0 Å². The molecule has 0 heterocycles. The minimum atomic E-state index is -0.549. The van der Waals surface area contributed by atoms with E-state index >= 15 is 0 Å². The highest BCUT2D eigenvalue weighted by atomic mass is 19.1. The Morgan fingerprint density at radius 3 is 2.80 bits per heavy atom. The largest absolute Gasteiger partial charge is 0.383 e. The molecule has 0 bridgehead atoms. The monoisotopic (exact) mass is 203 g/mol. The molecule has 1 N–H and O–H groups in total. The van der Waals surface area contributed by atoms with Crippen molar-refractivity contribution in [2.45, 2.75) is 6.92 Å². The summed E-state index contributed by atoms with van der Waals surface area (Å²) in [6.07, 6.45) is 0. The van der Waals surface area contributed by atoms with E-state index in [0.29, 0.717) is 12.2 Å². The van der Waals surface area contributed by atoms with Crippen molar-refractivity contribution >= 4 is 5.69 Å². The van der Waals surface area contributed by atoms with Crippen molar-refractivity contribution < 1.29 is 4.39 Å². The number of hydrogen-bond donors (Lipinski definition) is 1. The number of nitrogens with one attached hydrogen (secondary N) is 1. The second kappa shape index (κ2) is 4.97. The van der Waals surface area contributed by atoms with E-state index in [1.54, 1.807) is 19.1 Å². The van der Waals surface area contributed by atoms with Gasteiger partial charge in [-0.3, -0.25) is 0 Å². The van der Waals surface area contributed by atoms with E-state index in [1.807, 2.05) is 6.07 Å². The molecule has 1 atom stereocenters.